The number of nitrogens with one attached hydrogen (secondary N) is 2. The van der Waals surface area contributed by atoms with E-state index in [4.69, 9.17) is 0 Å². The van der Waals surface area contributed by atoms with Crippen LogP contribution in [0.3, 0.4) is 0 Å². The fourth-order valence-electron chi connectivity index (χ4n) is 2.12. The van der Waals surface area contributed by atoms with Crippen LogP contribution in [-0.4, -0.2) is 44.9 Å². The summed E-state index contributed by atoms with van der Waals surface area (Å²) in [5, 5.41) is 3.40. The van der Waals surface area contributed by atoms with Gasteiger partial charge in [0.1, 0.15) is 0 Å². The largest absolute Gasteiger partial charge is 0.314 e. The fraction of sp³-hybridized carbons (Fsp3) is 1.00. The Morgan fingerprint density at radius 3 is 2.55 bits per heavy atom. The second-order valence-corrected chi connectivity index (χ2v) is 7.73. The van der Waals surface area contributed by atoms with E-state index in [-0.39, 0.29) is 6.04 Å². The van der Waals surface area contributed by atoms with Crippen molar-refractivity contribution in [1.82, 2.24) is 14.3 Å². The quantitative estimate of drug-likeness (QED) is 0.541. The fourth-order valence-corrected chi connectivity index (χ4v) is 3.29. The molecule has 1 rings (SSSR count). The molecule has 0 amide bonds. The Kier molecular flexibility index (Phi) is 8.02. The summed E-state index contributed by atoms with van der Waals surface area (Å²) >= 11 is 0. The van der Waals surface area contributed by atoms with Gasteiger partial charge in [0.2, 0.25) is 0 Å². The van der Waals surface area contributed by atoms with E-state index < -0.39 is 10.2 Å². The Morgan fingerprint density at radius 2 is 1.95 bits per heavy atom. The van der Waals surface area contributed by atoms with Crippen LogP contribution in [0.4, 0.5) is 0 Å². The van der Waals surface area contributed by atoms with Crippen LogP contribution in [0, 0.1) is 0 Å². The first-order chi connectivity index (χ1) is 9.45. The van der Waals surface area contributed by atoms with Gasteiger partial charge in [-0.15, -0.1) is 0 Å². The van der Waals surface area contributed by atoms with E-state index in [1.807, 2.05) is 6.92 Å². The second kappa shape index (κ2) is 8.97. The minimum Gasteiger partial charge on any atom is -0.314 e. The van der Waals surface area contributed by atoms with E-state index in [2.05, 4.69) is 17.0 Å². The lowest BCUT2D eigenvalue weighted by atomic mass is 10.1. The molecule has 1 atom stereocenters. The molecule has 0 heterocycles. The summed E-state index contributed by atoms with van der Waals surface area (Å²) in [5.74, 6) is 0. The van der Waals surface area contributed by atoms with Crippen molar-refractivity contribution >= 4 is 10.2 Å². The zero-order valence-corrected chi connectivity index (χ0v) is 14.0. The molecule has 1 saturated carbocycles. The summed E-state index contributed by atoms with van der Waals surface area (Å²) in [5.41, 5.74) is 0. The van der Waals surface area contributed by atoms with Crippen molar-refractivity contribution in [2.75, 3.05) is 20.1 Å². The lowest BCUT2D eigenvalue weighted by Crippen LogP contribution is -2.43. The van der Waals surface area contributed by atoms with Gasteiger partial charge in [-0.25, -0.2) is 0 Å². The summed E-state index contributed by atoms with van der Waals surface area (Å²) in [4.78, 5) is 0. The van der Waals surface area contributed by atoms with Gasteiger partial charge in [-0.3, -0.25) is 0 Å². The predicted molar refractivity (Wildman–Crippen MR) is 83.9 cm³/mol. The first kappa shape index (κ1) is 17.9. The number of hydrogen-bond donors (Lipinski definition) is 2. The maximum Gasteiger partial charge on any atom is 0.279 e. The van der Waals surface area contributed by atoms with Crippen LogP contribution in [-0.2, 0) is 10.2 Å². The van der Waals surface area contributed by atoms with Crippen LogP contribution >= 0.6 is 0 Å². The van der Waals surface area contributed by atoms with Crippen molar-refractivity contribution in [3.63, 3.8) is 0 Å². The van der Waals surface area contributed by atoms with Crippen molar-refractivity contribution in [2.45, 2.75) is 70.9 Å². The molecule has 0 aliphatic heterocycles. The number of nitrogens with zero attached hydrogens (tertiary/aromatic N) is 1. The minimum atomic E-state index is -3.33. The zero-order chi connectivity index (χ0) is 15.0. The van der Waals surface area contributed by atoms with Crippen molar-refractivity contribution in [1.29, 1.82) is 0 Å². The van der Waals surface area contributed by atoms with Gasteiger partial charge in [0.15, 0.2) is 0 Å². The van der Waals surface area contributed by atoms with Crippen LogP contribution in [0.25, 0.3) is 0 Å². The molecule has 1 fully saturated rings. The summed E-state index contributed by atoms with van der Waals surface area (Å²) in [6.45, 7) is 5.56. The Morgan fingerprint density at radius 1 is 1.25 bits per heavy atom. The molecule has 0 radical (unpaired) electrons. The van der Waals surface area contributed by atoms with Gasteiger partial charge in [0.25, 0.3) is 10.2 Å². The van der Waals surface area contributed by atoms with E-state index in [0.717, 1.165) is 38.6 Å². The van der Waals surface area contributed by atoms with Gasteiger partial charge in [0.05, 0.1) is 0 Å². The van der Waals surface area contributed by atoms with E-state index in [0.29, 0.717) is 12.6 Å². The smallest absolute Gasteiger partial charge is 0.279 e. The van der Waals surface area contributed by atoms with Gasteiger partial charge in [0, 0.05) is 25.7 Å². The van der Waals surface area contributed by atoms with Crippen LogP contribution in [0.1, 0.15) is 58.8 Å². The van der Waals surface area contributed by atoms with Crippen molar-refractivity contribution in [2.24, 2.45) is 0 Å². The molecule has 1 aliphatic carbocycles. The first-order valence-electron chi connectivity index (χ1n) is 7.92. The Hall–Kier alpha value is -0.170. The lowest BCUT2D eigenvalue weighted by Gasteiger charge is -2.21. The second-order valence-electron chi connectivity index (χ2n) is 5.92. The summed E-state index contributed by atoms with van der Waals surface area (Å²) in [6.07, 6.45) is 7.70. The molecule has 0 bridgehead atoms. The van der Waals surface area contributed by atoms with E-state index in [9.17, 15) is 8.42 Å². The predicted octanol–water partition coefficient (Wildman–Crippen LogP) is 1.86. The highest BCUT2D eigenvalue weighted by molar-refractivity contribution is 7.87. The van der Waals surface area contributed by atoms with Gasteiger partial charge >= 0.3 is 0 Å². The molecule has 0 saturated heterocycles. The Labute approximate surface area is 124 Å². The monoisotopic (exact) mass is 305 g/mol. The van der Waals surface area contributed by atoms with E-state index in [1.54, 1.807) is 7.05 Å². The molecule has 0 aromatic heterocycles. The molecule has 120 valence electrons. The summed E-state index contributed by atoms with van der Waals surface area (Å²) < 4.78 is 28.4. The van der Waals surface area contributed by atoms with Crippen molar-refractivity contribution in [3.8, 4) is 0 Å². The number of hydrogen-bond acceptors (Lipinski definition) is 3. The molecular weight excluding hydrogens is 274 g/mol. The van der Waals surface area contributed by atoms with Crippen molar-refractivity contribution in [3.05, 3.63) is 0 Å². The zero-order valence-electron chi connectivity index (χ0n) is 13.2. The summed E-state index contributed by atoms with van der Waals surface area (Å²) in [6, 6.07) is 0.701. The van der Waals surface area contributed by atoms with E-state index >= 15 is 0 Å². The van der Waals surface area contributed by atoms with Gasteiger partial charge in [-0.05, 0) is 39.2 Å². The number of rotatable bonds is 12. The number of unbranched alkanes of at least 4 members (excludes halogenated alkanes) is 2. The molecule has 1 unspecified atom stereocenters. The molecule has 0 aromatic carbocycles. The third-order valence-corrected chi connectivity index (χ3v) is 5.36. The maximum atomic E-state index is 12.1. The highest BCUT2D eigenvalue weighted by Gasteiger charge is 2.21. The average Bonchev–Trinajstić information content (AvgIpc) is 3.18. The van der Waals surface area contributed by atoms with Gasteiger partial charge in [-0.2, -0.15) is 17.4 Å². The Balaban J connectivity index is 2.18. The highest BCUT2D eigenvalue weighted by atomic mass is 32.2. The first-order valence-corrected chi connectivity index (χ1v) is 9.36. The molecule has 6 heteroatoms. The van der Waals surface area contributed by atoms with Crippen LogP contribution in [0.5, 0.6) is 0 Å². The molecule has 1 aliphatic rings. The topological polar surface area (TPSA) is 61.4 Å². The molecule has 0 aromatic rings. The van der Waals surface area contributed by atoms with Crippen LogP contribution < -0.4 is 10.0 Å². The minimum absolute atomic E-state index is 0.0126. The van der Waals surface area contributed by atoms with Crippen LogP contribution in [0.15, 0.2) is 0 Å². The van der Waals surface area contributed by atoms with Crippen molar-refractivity contribution < 1.29 is 8.42 Å². The van der Waals surface area contributed by atoms with E-state index in [1.165, 1.54) is 17.1 Å². The lowest BCUT2D eigenvalue weighted by molar-refractivity contribution is 0.431. The standard InChI is InChI=1S/C14H31N3O2S/c1-4-5-6-8-13(2)16-20(18,19)17(3)12-7-11-15-14-9-10-14/h13-16H,4-12H2,1-3H3. The van der Waals surface area contributed by atoms with Gasteiger partial charge in [-0.1, -0.05) is 26.2 Å². The van der Waals surface area contributed by atoms with Gasteiger partial charge < -0.3 is 5.32 Å². The molecule has 0 spiro atoms. The molecule has 5 nitrogen and oxygen atoms in total. The molecular formula is C14H31N3O2S. The van der Waals surface area contributed by atoms with Crippen LogP contribution in [0.2, 0.25) is 0 Å². The molecule has 2 N–H and O–H groups in total. The highest BCUT2D eigenvalue weighted by Crippen LogP contribution is 2.18. The summed E-state index contributed by atoms with van der Waals surface area (Å²) in [7, 11) is -1.68. The third kappa shape index (κ3) is 7.57. The molecule has 20 heavy (non-hydrogen) atoms. The SMILES string of the molecule is CCCCCC(C)NS(=O)(=O)N(C)CCCNC1CC1. The maximum absolute atomic E-state index is 12.1. The Bertz CT molecular complexity index is 355. The average molecular weight is 305 g/mol. The normalized spacial score (nSPS) is 17.6. The third-order valence-electron chi connectivity index (χ3n) is 3.66.